The number of H-pyrrole nitrogens is 1. The number of unbranched alkanes of at least 4 members (excludes halogenated alkanes) is 1. The third-order valence-electron chi connectivity index (χ3n) is 4.85. The number of aromatic amines is 1. The molecule has 3 rings (SSSR count). The second kappa shape index (κ2) is 10.6. The van der Waals surface area contributed by atoms with Gasteiger partial charge in [-0.05, 0) is 75.9 Å². The van der Waals surface area contributed by atoms with Crippen LogP contribution in [0.5, 0.6) is 5.75 Å². The third-order valence-corrected chi connectivity index (χ3v) is 6.35. The van der Waals surface area contributed by atoms with Gasteiger partial charge in [0, 0.05) is 21.9 Å². The fraction of sp³-hybridized carbons (Fsp3) is 0.333. The summed E-state index contributed by atoms with van der Waals surface area (Å²) in [6.07, 6.45) is 2.46. The van der Waals surface area contributed by atoms with Crippen LogP contribution in [0.25, 0.3) is 10.9 Å². The monoisotopic (exact) mass is 533 g/mol. The summed E-state index contributed by atoms with van der Waals surface area (Å²) in [7, 11) is -1.99. The van der Waals surface area contributed by atoms with Gasteiger partial charge in [0.15, 0.2) is 11.0 Å². The maximum absolute atomic E-state index is 12.9. The van der Waals surface area contributed by atoms with Gasteiger partial charge < -0.3 is 15.5 Å². The number of carbonyl (C=O) groups is 2. The van der Waals surface area contributed by atoms with Gasteiger partial charge in [-0.3, -0.25) is 9.59 Å². The first-order chi connectivity index (χ1) is 15.5. The third kappa shape index (κ3) is 6.75. The summed E-state index contributed by atoms with van der Waals surface area (Å²) in [4.78, 5) is 27.5. The molecule has 0 fully saturated rings. The Balaban J connectivity index is 1.53. The lowest BCUT2D eigenvalue weighted by Crippen LogP contribution is -2.27. The summed E-state index contributed by atoms with van der Waals surface area (Å²) < 4.78 is 21.9. The van der Waals surface area contributed by atoms with E-state index in [-0.39, 0.29) is 16.9 Å². The van der Waals surface area contributed by atoms with E-state index in [9.17, 15) is 13.8 Å². The topological polar surface area (TPSA) is 114 Å². The highest BCUT2D eigenvalue weighted by molar-refractivity contribution is 9.10. The number of aromatic nitrogens is 1. The molecule has 1 aromatic heterocycles. The zero-order chi connectivity index (χ0) is 24.2. The fourth-order valence-electron chi connectivity index (χ4n) is 3.42. The van der Waals surface area contributed by atoms with Crippen molar-refractivity contribution in [3.63, 3.8) is 0 Å². The van der Waals surface area contributed by atoms with E-state index in [0.717, 1.165) is 29.5 Å². The van der Waals surface area contributed by atoms with E-state index >= 15 is 0 Å². The molecule has 0 aliphatic carbocycles. The van der Waals surface area contributed by atoms with Gasteiger partial charge in [-0.2, -0.15) is 0 Å². The van der Waals surface area contributed by atoms with Crippen LogP contribution in [0.15, 0.2) is 46.9 Å². The van der Waals surface area contributed by atoms with E-state index in [1.807, 2.05) is 45.0 Å². The Labute approximate surface area is 204 Å². The van der Waals surface area contributed by atoms with Crippen molar-refractivity contribution < 1.29 is 18.5 Å². The number of nitrogens with two attached hydrogens (primary N) is 1. The van der Waals surface area contributed by atoms with Crippen molar-refractivity contribution in [3.8, 4) is 5.75 Å². The molecule has 0 spiro atoms. The maximum Gasteiger partial charge on any atom is 0.267 e. The van der Waals surface area contributed by atoms with Crippen molar-refractivity contribution in [1.82, 2.24) is 9.71 Å². The first-order valence-electron chi connectivity index (χ1n) is 10.6. The maximum atomic E-state index is 12.9. The van der Waals surface area contributed by atoms with Crippen molar-refractivity contribution in [1.29, 1.82) is 0 Å². The lowest BCUT2D eigenvalue weighted by Gasteiger charge is -2.21. The molecule has 0 saturated carbocycles. The average molecular weight is 534 g/mol. The number of rotatable bonds is 9. The summed E-state index contributed by atoms with van der Waals surface area (Å²) in [5.74, 6) is 0.0584. The zero-order valence-corrected chi connectivity index (χ0v) is 21.3. The minimum Gasteiger partial charge on any atom is -0.488 e. The molecule has 0 radical (unpaired) electrons. The van der Waals surface area contributed by atoms with E-state index in [4.69, 9.17) is 10.5 Å². The van der Waals surface area contributed by atoms with Crippen LogP contribution in [0.2, 0.25) is 0 Å². The molecular formula is C24H28BrN3O4S. The van der Waals surface area contributed by atoms with Gasteiger partial charge in [0.1, 0.15) is 17.0 Å². The van der Waals surface area contributed by atoms with Crippen LogP contribution in [-0.4, -0.2) is 32.4 Å². The molecule has 0 aliphatic heterocycles. The molecule has 176 valence electrons. The predicted molar refractivity (Wildman–Crippen MR) is 135 cm³/mol. The number of primary amides is 1. The van der Waals surface area contributed by atoms with Crippen LogP contribution in [0, 0.1) is 0 Å². The van der Waals surface area contributed by atoms with E-state index in [0.29, 0.717) is 17.4 Å². The molecule has 4 N–H and O–H groups in total. The lowest BCUT2D eigenvalue weighted by atomic mass is 10.1. The molecule has 0 aliphatic rings. The normalized spacial score (nSPS) is 12.6. The SMILES string of the molecule is CC(C)(C)Oc1ccc(CCCCNS(=O)C(=O)c2c(C(N)=O)[nH]c3ccc(Br)cc23)cc1. The van der Waals surface area contributed by atoms with Crippen LogP contribution in [0.1, 0.15) is 60.0 Å². The molecule has 7 nitrogen and oxygen atoms in total. The van der Waals surface area contributed by atoms with Crippen molar-refractivity contribution in [2.45, 2.75) is 45.6 Å². The summed E-state index contributed by atoms with van der Waals surface area (Å²) in [6.45, 7) is 6.43. The van der Waals surface area contributed by atoms with Gasteiger partial charge in [-0.1, -0.05) is 28.1 Å². The highest BCUT2D eigenvalue weighted by atomic mass is 79.9. The molecule has 0 bridgehead atoms. The number of ether oxygens (including phenoxy) is 1. The standard InChI is InChI=1S/C24H28BrN3O4S/c1-24(2,3)32-17-10-7-15(8-11-17)6-4-5-13-27-33(31)23(30)20-18-14-16(25)9-12-19(18)28-21(20)22(26)29/h7-12,14,27-28H,4-6,13H2,1-3H3,(H2,26,29). The Morgan fingerprint density at radius 1 is 1.12 bits per heavy atom. The molecule has 9 heteroatoms. The number of aryl methyl sites for hydroxylation is 1. The molecule has 3 aromatic rings. The highest BCUT2D eigenvalue weighted by Gasteiger charge is 2.26. The van der Waals surface area contributed by atoms with Crippen LogP contribution >= 0.6 is 15.9 Å². The van der Waals surface area contributed by atoms with Gasteiger partial charge >= 0.3 is 0 Å². The Kier molecular flexibility index (Phi) is 8.10. The average Bonchev–Trinajstić information content (AvgIpc) is 3.11. The number of carbonyl (C=O) groups excluding carboxylic acids is 2. The minimum absolute atomic E-state index is 0.0397. The highest BCUT2D eigenvalue weighted by Crippen LogP contribution is 2.27. The number of nitrogens with one attached hydrogen (secondary N) is 2. The number of hydrogen-bond acceptors (Lipinski definition) is 4. The number of hydrogen-bond donors (Lipinski definition) is 3. The molecule has 1 amide bonds. The number of amides is 1. The van der Waals surface area contributed by atoms with Crippen molar-refractivity contribution in [2.75, 3.05) is 6.54 Å². The van der Waals surface area contributed by atoms with E-state index in [1.54, 1.807) is 18.2 Å². The predicted octanol–water partition coefficient (Wildman–Crippen LogP) is 4.62. The van der Waals surface area contributed by atoms with E-state index in [1.165, 1.54) is 5.56 Å². The van der Waals surface area contributed by atoms with Crippen LogP contribution in [0.4, 0.5) is 0 Å². The van der Waals surface area contributed by atoms with E-state index in [2.05, 4.69) is 25.6 Å². The van der Waals surface area contributed by atoms with Crippen LogP contribution in [0.3, 0.4) is 0 Å². The molecule has 1 heterocycles. The van der Waals surface area contributed by atoms with Gasteiger partial charge in [-0.25, -0.2) is 8.93 Å². The molecule has 0 saturated heterocycles. The van der Waals surface area contributed by atoms with Crippen LogP contribution < -0.4 is 15.2 Å². The van der Waals surface area contributed by atoms with Gasteiger partial charge in [0.2, 0.25) is 0 Å². The molecule has 2 aromatic carbocycles. The quantitative estimate of drug-likeness (QED) is 0.348. The zero-order valence-electron chi connectivity index (χ0n) is 18.9. The van der Waals surface area contributed by atoms with Crippen molar-refractivity contribution in [2.24, 2.45) is 5.73 Å². The summed E-state index contributed by atoms with van der Waals surface area (Å²) in [6, 6.07) is 13.2. The van der Waals surface area contributed by atoms with Crippen molar-refractivity contribution in [3.05, 3.63) is 63.8 Å². The minimum atomic E-state index is -1.99. The first kappa shape index (κ1) is 25.1. The smallest absolute Gasteiger partial charge is 0.267 e. The molecule has 33 heavy (non-hydrogen) atoms. The Morgan fingerprint density at radius 2 is 1.82 bits per heavy atom. The lowest BCUT2D eigenvalue weighted by molar-refractivity contribution is 0.0986. The van der Waals surface area contributed by atoms with Crippen LogP contribution in [-0.2, 0) is 17.4 Å². The fourth-order valence-corrected chi connectivity index (χ4v) is 4.64. The second-order valence-electron chi connectivity index (χ2n) is 8.70. The molecule has 1 atom stereocenters. The summed E-state index contributed by atoms with van der Waals surface area (Å²) in [5, 5.41) is -0.181. The largest absolute Gasteiger partial charge is 0.488 e. The number of benzene rings is 2. The van der Waals surface area contributed by atoms with Gasteiger partial charge in [0.05, 0.1) is 5.56 Å². The second-order valence-corrected chi connectivity index (χ2v) is 10.8. The molecular weight excluding hydrogens is 506 g/mol. The Morgan fingerprint density at radius 3 is 2.45 bits per heavy atom. The van der Waals surface area contributed by atoms with Crippen molar-refractivity contribution >= 4 is 48.8 Å². The summed E-state index contributed by atoms with van der Waals surface area (Å²) >= 11 is 3.35. The Bertz CT molecular complexity index is 1180. The molecule has 1 unspecified atom stereocenters. The Hall–Kier alpha value is -2.49. The summed E-state index contributed by atoms with van der Waals surface area (Å²) in [5.41, 5.74) is 6.96. The van der Waals surface area contributed by atoms with Gasteiger partial charge in [0.25, 0.3) is 11.0 Å². The number of halogens is 1. The first-order valence-corrected chi connectivity index (χ1v) is 12.6. The number of fused-ring (bicyclic) bond motifs is 1. The van der Waals surface area contributed by atoms with Gasteiger partial charge in [-0.15, -0.1) is 0 Å². The van der Waals surface area contributed by atoms with E-state index < -0.39 is 22.0 Å².